The fourth-order valence-corrected chi connectivity index (χ4v) is 3.10. The molecule has 0 atom stereocenters. The van der Waals surface area contributed by atoms with Crippen molar-refractivity contribution in [2.45, 2.75) is 0 Å². The van der Waals surface area contributed by atoms with Gasteiger partial charge in [-0.2, -0.15) is 0 Å². The molecule has 7 heteroatoms. The molecule has 0 aromatic heterocycles. The Kier molecular flexibility index (Phi) is 4.54. The van der Waals surface area contributed by atoms with Gasteiger partial charge in [-0.15, -0.1) is 0 Å². The number of rotatable bonds is 3. The molecule has 0 spiro atoms. The van der Waals surface area contributed by atoms with Crippen LogP contribution in [0.25, 0.3) is 0 Å². The van der Waals surface area contributed by atoms with Crippen molar-refractivity contribution in [1.82, 2.24) is 0 Å². The molecule has 0 bridgehead atoms. The zero-order valence-corrected chi connectivity index (χ0v) is 14.2. The van der Waals surface area contributed by atoms with Crippen molar-refractivity contribution in [3.63, 3.8) is 0 Å². The Labute approximate surface area is 146 Å². The SMILES string of the molecule is O=C(Nc1ccc(N2CCOC2=O)cc1)c1cc(Cl)cc(Br)c1. The third kappa shape index (κ3) is 3.65. The maximum absolute atomic E-state index is 12.2. The highest BCUT2D eigenvalue weighted by Crippen LogP contribution is 2.23. The lowest BCUT2D eigenvalue weighted by Gasteiger charge is -2.13. The Morgan fingerprint density at radius 3 is 2.57 bits per heavy atom. The number of carbonyl (C=O) groups excluding carboxylic acids is 2. The van der Waals surface area contributed by atoms with Crippen LogP contribution in [0.5, 0.6) is 0 Å². The number of cyclic esters (lactones) is 1. The first-order valence-electron chi connectivity index (χ1n) is 6.85. The first-order chi connectivity index (χ1) is 11.0. The average molecular weight is 396 g/mol. The van der Waals surface area contributed by atoms with Crippen molar-refractivity contribution in [3.8, 4) is 0 Å². The number of anilines is 2. The van der Waals surface area contributed by atoms with Crippen molar-refractivity contribution in [1.29, 1.82) is 0 Å². The predicted molar refractivity (Wildman–Crippen MR) is 92.2 cm³/mol. The van der Waals surface area contributed by atoms with E-state index in [0.29, 0.717) is 29.4 Å². The van der Waals surface area contributed by atoms with Gasteiger partial charge in [0.1, 0.15) is 6.61 Å². The molecule has 2 amide bonds. The van der Waals surface area contributed by atoms with E-state index >= 15 is 0 Å². The van der Waals surface area contributed by atoms with Crippen LogP contribution in [-0.4, -0.2) is 25.2 Å². The third-order valence-electron chi connectivity index (χ3n) is 3.32. The second-order valence-corrected chi connectivity index (χ2v) is 6.28. The molecule has 1 heterocycles. The first-order valence-corrected chi connectivity index (χ1v) is 8.02. The molecular formula is C16H12BrClN2O3. The number of nitrogens with zero attached hydrogens (tertiary/aromatic N) is 1. The van der Waals surface area contributed by atoms with Gasteiger partial charge in [0.25, 0.3) is 5.91 Å². The van der Waals surface area contributed by atoms with Crippen LogP contribution in [-0.2, 0) is 4.74 Å². The highest BCUT2D eigenvalue weighted by molar-refractivity contribution is 9.10. The van der Waals surface area contributed by atoms with Gasteiger partial charge < -0.3 is 10.1 Å². The summed E-state index contributed by atoms with van der Waals surface area (Å²) in [7, 11) is 0. The van der Waals surface area contributed by atoms with Crippen LogP contribution in [0.1, 0.15) is 10.4 Å². The van der Waals surface area contributed by atoms with Gasteiger partial charge in [-0.25, -0.2) is 4.79 Å². The maximum Gasteiger partial charge on any atom is 0.414 e. The summed E-state index contributed by atoms with van der Waals surface area (Å²) in [5.74, 6) is -0.262. The third-order valence-corrected chi connectivity index (χ3v) is 4.00. The second kappa shape index (κ2) is 6.60. The Bertz CT molecular complexity index is 744. The molecule has 0 unspecified atom stereocenters. The Balaban J connectivity index is 1.72. The molecule has 2 aromatic carbocycles. The van der Waals surface area contributed by atoms with Gasteiger partial charge in [0, 0.05) is 26.4 Å². The van der Waals surface area contributed by atoms with Crippen LogP contribution in [0.4, 0.5) is 16.2 Å². The first kappa shape index (κ1) is 15.8. The van der Waals surface area contributed by atoms with Crippen LogP contribution in [0.2, 0.25) is 5.02 Å². The molecule has 1 aliphatic heterocycles. The molecule has 23 heavy (non-hydrogen) atoms. The lowest BCUT2D eigenvalue weighted by atomic mass is 10.2. The van der Waals surface area contributed by atoms with E-state index in [0.717, 1.165) is 10.2 Å². The minimum absolute atomic E-state index is 0.262. The van der Waals surface area contributed by atoms with Gasteiger partial charge in [0.05, 0.1) is 6.54 Å². The fourth-order valence-electron chi connectivity index (χ4n) is 2.24. The zero-order valence-electron chi connectivity index (χ0n) is 11.9. The Morgan fingerprint density at radius 1 is 1.22 bits per heavy atom. The van der Waals surface area contributed by atoms with Crippen molar-refractivity contribution in [3.05, 3.63) is 57.5 Å². The maximum atomic E-state index is 12.2. The minimum atomic E-state index is -0.356. The fraction of sp³-hybridized carbons (Fsp3) is 0.125. The molecular weight excluding hydrogens is 384 g/mol. The van der Waals surface area contributed by atoms with E-state index in [1.807, 2.05) is 0 Å². The smallest absolute Gasteiger partial charge is 0.414 e. The number of amides is 2. The highest BCUT2D eigenvalue weighted by atomic mass is 79.9. The normalized spacial score (nSPS) is 13.8. The quantitative estimate of drug-likeness (QED) is 0.842. The molecule has 5 nitrogen and oxygen atoms in total. The minimum Gasteiger partial charge on any atom is -0.447 e. The van der Waals surface area contributed by atoms with E-state index in [2.05, 4.69) is 21.2 Å². The molecule has 1 saturated heterocycles. The molecule has 0 radical (unpaired) electrons. The summed E-state index contributed by atoms with van der Waals surface area (Å²) in [6, 6.07) is 12.0. The van der Waals surface area contributed by atoms with Gasteiger partial charge in [-0.3, -0.25) is 9.69 Å². The molecule has 2 aromatic rings. The van der Waals surface area contributed by atoms with E-state index in [-0.39, 0.29) is 12.0 Å². The van der Waals surface area contributed by atoms with Crippen LogP contribution >= 0.6 is 27.5 Å². The summed E-state index contributed by atoms with van der Waals surface area (Å²) in [5.41, 5.74) is 1.81. The lowest BCUT2D eigenvalue weighted by Crippen LogP contribution is -2.23. The number of nitrogens with one attached hydrogen (secondary N) is 1. The Hall–Kier alpha value is -2.05. The van der Waals surface area contributed by atoms with Crippen molar-refractivity contribution in [2.24, 2.45) is 0 Å². The van der Waals surface area contributed by atoms with E-state index in [4.69, 9.17) is 16.3 Å². The number of benzene rings is 2. The standard InChI is InChI=1S/C16H12BrClN2O3/c17-11-7-10(8-12(18)9-11)15(21)19-13-1-3-14(4-2-13)20-5-6-23-16(20)22/h1-4,7-9H,5-6H2,(H,19,21). The van der Waals surface area contributed by atoms with Crippen LogP contribution in [0.15, 0.2) is 46.9 Å². The number of hydrogen-bond acceptors (Lipinski definition) is 3. The Morgan fingerprint density at radius 2 is 1.96 bits per heavy atom. The zero-order chi connectivity index (χ0) is 16.4. The van der Waals surface area contributed by atoms with Crippen LogP contribution in [0, 0.1) is 0 Å². The van der Waals surface area contributed by atoms with E-state index < -0.39 is 0 Å². The molecule has 118 valence electrons. The summed E-state index contributed by atoms with van der Waals surface area (Å²) in [6.45, 7) is 0.919. The number of halogens is 2. The summed E-state index contributed by atoms with van der Waals surface area (Å²) in [4.78, 5) is 25.3. The largest absolute Gasteiger partial charge is 0.447 e. The van der Waals surface area contributed by atoms with Gasteiger partial charge in [-0.05, 0) is 42.5 Å². The van der Waals surface area contributed by atoms with Crippen LogP contribution in [0.3, 0.4) is 0 Å². The second-order valence-electron chi connectivity index (χ2n) is 4.93. The van der Waals surface area contributed by atoms with E-state index in [1.165, 1.54) is 0 Å². The monoisotopic (exact) mass is 394 g/mol. The summed E-state index contributed by atoms with van der Waals surface area (Å²) in [6.07, 6.45) is -0.356. The molecule has 0 aliphatic carbocycles. The van der Waals surface area contributed by atoms with E-state index in [1.54, 1.807) is 47.4 Å². The van der Waals surface area contributed by atoms with Crippen molar-refractivity contribution in [2.75, 3.05) is 23.4 Å². The van der Waals surface area contributed by atoms with E-state index in [9.17, 15) is 9.59 Å². The van der Waals surface area contributed by atoms with Gasteiger partial charge in [-0.1, -0.05) is 27.5 Å². The van der Waals surface area contributed by atoms with Gasteiger partial charge >= 0.3 is 6.09 Å². The molecule has 1 fully saturated rings. The molecule has 1 N–H and O–H groups in total. The van der Waals surface area contributed by atoms with Gasteiger partial charge in [0.2, 0.25) is 0 Å². The summed E-state index contributed by atoms with van der Waals surface area (Å²) >= 11 is 9.25. The van der Waals surface area contributed by atoms with Crippen molar-refractivity contribution >= 4 is 50.9 Å². The van der Waals surface area contributed by atoms with Gasteiger partial charge in [0.15, 0.2) is 0 Å². The lowest BCUT2D eigenvalue weighted by molar-refractivity contribution is 0.102. The average Bonchev–Trinajstić information content (AvgIpc) is 2.93. The highest BCUT2D eigenvalue weighted by Gasteiger charge is 2.23. The summed E-state index contributed by atoms with van der Waals surface area (Å²) in [5, 5.41) is 3.27. The predicted octanol–water partition coefficient (Wildman–Crippen LogP) is 4.31. The number of carbonyl (C=O) groups is 2. The topological polar surface area (TPSA) is 58.6 Å². The van der Waals surface area contributed by atoms with Crippen LogP contribution < -0.4 is 10.2 Å². The number of hydrogen-bond donors (Lipinski definition) is 1. The molecule has 1 aliphatic rings. The van der Waals surface area contributed by atoms with Crippen molar-refractivity contribution < 1.29 is 14.3 Å². The molecule has 0 saturated carbocycles. The summed E-state index contributed by atoms with van der Waals surface area (Å²) < 4.78 is 5.63. The molecule has 3 rings (SSSR count). The number of ether oxygens (including phenoxy) is 1.